The van der Waals surface area contributed by atoms with E-state index in [2.05, 4.69) is 45.3 Å². The SMILES string of the molecule is C=C(/C=C(\C1=NC(C)C1)C(C)(C)C)C(C)(C)CO. The van der Waals surface area contributed by atoms with Crippen molar-refractivity contribution in [2.75, 3.05) is 6.61 Å². The normalized spacial score (nSPS) is 21.4. The van der Waals surface area contributed by atoms with Crippen molar-refractivity contribution >= 4 is 5.71 Å². The zero-order valence-corrected chi connectivity index (χ0v) is 12.7. The Morgan fingerprint density at radius 3 is 2.22 bits per heavy atom. The minimum Gasteiger partial charge on any atom is -0.395 e. The highest BCUT2D eigenvalue weighted by Crippen LogP contribution is 2.35. The number of aliphatic hydroxyl groups is 1. The average Bonchev–Trinajstić information content (AvgIpc) is 2.19. The van der Waals surface area contributed by atoms with Gasteiger partial charge >= 0.3 is 0 Å². The molecule has 2 nitrogen and oxygen atoms in total. The Labute approximate surface area is 112 Å². The lowest BCUT2D eigenvalue weighted by molar-refractivity contribution is 0.193. The van der Waals surface area contributed by atoms with Crippen molar-refractivity contribution in [2.45, 2.75) is 54.0 Å². The molecule has 0 saturated carbocycles. The summed E-state index contributed by atoms with van der Waals surface area (Å²) in [5.74, 6) is 0. The summed E-state index contributed by atoms with van der Waals surface area (Å²) in [6.07, 6.45) is 3.18. The van der Waals surface area contributed by atoms with Gasteiger partial charge in [-0.3, -0.25) is 4.99 Å². The predicted octanol–water partition coefficient (Wildman–Crippen LogP) is 3.77. The molecule has 0 aromatic rings. The van der Waals surface area contributed by atoms with Gasteiger partial charge in [-0.15, -0.1) is 0 Å². The van der Waals surface area contributed by atoms with Crippen LogP contribution in [0.3, 0.4) is 0 Å². The first kappa shape index (κ1) is 15.2. The van der Waals surface area contributed by atoms with Crippen LogP contribution >= 0.6 is 0 Å². The van der Waals surface area contributed by atoms with Gasteiger partial charge in [0.25, 0.3) is 0 Å². The number of allylic oxidation sites excluding steroid dienone is 2. The second-order valence-corrected chi connectivity index (χ2v) is 7.00. The lowest BCUT2D eigenvalue weighted by atomic mass is 9.76. The summed E-state index contributed by atoms with van der Waals surface area (Å²) in [4.78, 5) is 4.59. The molecule has 1 rings (SSSR count). The molecule has 0 amide bonds. The van der Waals surface area contributed by atoms with E-state index in [0.717, 1.165) is 12.0 Å². The highest BCUT2D eigenvalue weighted by atomic mass is 16.3. The third-order valence-electron chi connectivity index (χ3n) is 3.57. The van der Waals surface area contributed by atoms with Crippen molar-refractivity contribution in [3.63, 3.8) is 0 Å². The summed E-state index contributed by atoms with van der Waals surface area (Å²) in [5.41, 5.74) is 3.22. The largest absolute Gasteiger partial charge is 0.395 e. The molecule has 0 aromatic heterocycles. The number of aliphatic imine (C=N–C) groups is 1. The van der Waals surface area contributed by atoms with E-state index in [1.54, 1.807) is 0 Å². The maximum absolute atomic E-state index is 9.41. The molecule has 0 bridgehead atoms. The zero-order chi connectivity index (χ0) is 14.1. The smallest absolute Gasteiger partial charge is 0.0530 e. The van der Waals surface area contributed by atoms with Crippen LogP contribution in [-0.2, 0) is 0 Å². The van der Waals surface area contributed by atoms with Crippen LogP contribution in [0.2, 0.25) is 0 Å². The second-order valence-electron chi connectivity index (χ2n) is 7.00. The average molecular weight is 249 g/mol. The lowest BCUT2D eigenvalue weighted by Gasteiger charge is -2.33. The van der Waals surface area contributed by atoms with Crippen molar-refractivity contribution in [3.8, 4) is 0 Å². The number of rotatable bonds is 4. The van der Waals surface area contributed by atoms with E-state index in [9.17, 15) is 5.11 Å². The van der Waals surface area contributed by atoms with Crippen LogP contribution in [0.25, 0.3) is 0 Å². The van der Waals surface area contributed by atoms with Crippen LogP contribution in [0.5, 0.6) is 0 Å². The van der Waals surface area contributed by atoms with Crippen LogP contribution in [0, 0.1) is 10.8 Å². The van der Waals surface area contributed by atoms with E-state index in [4.69, 9.17) is 0 Å². The Hall–Kier alpha value is -0.890. The standard InChI is InChI=1S/C16H27NO/c1-11(16(6,7)10-18)8-13(15(3,4)5)14-9-12(2)17-14/h8,12,18H,1,9-10H2,2-7H3/b13-8+. The molecule has 1 atom stereocenters. The predicted molar refractivity (Wildman–Crippen MR) is 79.1 cm³/mol. The highest BCUT2D eigenvalue weighted by molar-refractivity contribution is 6.04. The van der Waals surface area contributed by atoms with Crippen molar-refractivity contribution in [1.82, 2.24) is 0 Å². The fraction of sp³-hybridized carbons (Fsp3) is 0.688. The van der Waals surface area contributed by atoms with Crippen molar-refractivity contribution in [1.29, 1.82) is 0 Å². The molecule has 0 fully saturated rings. The maximum atomic E-state index is 9.41. The van der Waals surface area contributed by atoms with Crippen LogP contribution in [0.1, 0.15) is 48.0 Å². The van der Waals surface area contributed by atoms with Crippen LogP contribution in [0.15, 0.2) is 28.8 Å². The third kappa shape index (κ3) is 3.32. The highest BCUT2D eigenvalue weighted by Gasteiger charge is 2.29. The van der Waals surface area contributed by atoms with E-state index < -0.39 is 0 Å². The van der Waals surface area contributed by atoms with Gasteiger partial charge in [-0.2, -0.15) is 0 Å². The summed E-state index contributed by atoms with van der Waals surface area (Å²) in [6.45, 7) is 17.0. The molecule has 1 aliphatic rings. The molecular weight excluding hydrogens is 222 g/mol. The van der Waals surface area contributed by atoms with Gasteiger partial charge in [0.05, 0.1) is 12.6 Å². The molecule has 1 heterocycles. The Morgan fingerprint density at radius 2 is 1.89 bits per heavy atom. The zero-order valence-electron chi connectivity index (χ0n) is 12.7. The van der Waals surface area contributed by atoms with Gasteiger partial charge < -0.3 is 5.11 Å². The molecule has 0 spiro atoms. The van der Waals surface area contributed by atoms with Crippen LogP contribution < -0.4 is 0 Å². The number of aliphatic hydroxyl groups excluding tert-OH is 1. The van der Waals surface area contributed by atoms with Gasteiger partial charge in [-0.25, -0.2) is 0 Å². The van der Waals surface area contributed by atoms with Crippen LogP contribution in [-0.4, -0.2) is 23.5 Å². The second kappa shape index (κ2) is 5.00. The quantitative estimate of drug-likeness (QED) is 0.756. The fourth-order valence-corrected chi connectivity index (χ4v) is 1.92. The number of nitrogens with zero attached hydrogens (tertiary/aromatic N) is 1. The number of hydrogen-bond acceptors (Lipinski definition) is 2. The number of hydrogen-bond donors (Lipinski definition) is 1. The topological polar surface area (TPSA) is 32.6 Å². The molecule has 1 N–H and O–H groups in total. The van der Waals surface area contributed by atoms with Gasteiger partial charge in [-0.05, 0) is 23.5 Å². The molecular formula is C16H27NO. The molecule has 1 unspecified atom stereocenters. The lowest BCUT2D eigenvalue weighted by Crippen LogP contribution is -2.29. The third-order valence-corrected chi connectivity index (χ3v) is 3.57. The first-order valence-electron chi connectivity index (χ1n) is 6.67. The molecule has 1 aliphatic heterocycles. The summed E-state index contributed by atoms with van der Waals surface area (Å²) in [6, 6.07) is 0.449. The van der Waals surface area contributed by atoms with E-state index in [1.165, 1.54) is 11.3 Å². The van der Waals surface area contributed by atoms with E-state index in [1.807, 2.05) is 13.8 Å². The Bertz CT molecular complexity index is 394. The Kier molecular flexibility index (Phi) is 4.22. The molecule has 18 heavy (non-hydrogen) atoms. The Morgan fingerprint density at radius 1 is 1.39 bits per heavy atom. The van der Waals surface area contributed by atoms with E-state index in [-0.39, 0.29) is 17.4 Å². The Balaban J connectivity index is 3.06. The minimum atomic E-state index is -0.271. The summed E-state index contributed by atoms with van der Waals surface area (Å²) < 4.78 is 0. The van der Waals surface area contributed by atoms with Crippen LogP contribution in [0.4, 0.5) is 0 Å². The maximum Gasteiger partial charge on any atom is 0.0530 e. The monoisotopic (exact) mass is 249 g/mol. The van der Waals surface area contributed by atoms with Crippen molar-refractivity contribution < 1.29 is 5.11 Å². The first-order valence-corrected chi connectivity index (χ1v) is 6.67. The molecule has 0 saturated heterocycles. The molecule has 102 valence electrons. The molecule has 2 heteroatoms. The summed E-state index contributed by atoms with van der Waals surface area (Å²) in [5, 5.41) is 9.41. The van der Waals surface area contributed by atoms with Gasteiger partial charge in [0.2, 0.25) is 0 Å². The minimum absolute atomic E-state index is 0.0629. The van der Waals surface area contributed by atoms with Gasteiger partial charge in [0.15, 0.2) is 0 Å². The molecule has 0 radical (unpaired) electrons. The van der Waals surface area contributed by atoms with Gasteiger partial charge in [-0.1, -0.05) is 47.3 Å². The van der Waals surface area contributed by atoms with E-state index in [0.29, 0.717) is 6.04 Å². The summed E-state index contributed by atoms with van der Waals surface area (Å²) in [7, 11) is 0. The molecule has 0 aromatic carbocycles. The van der Waals surface area contributed by atoms with Gasteiger partial charge in [0, 0.05) is 17.5 Å². The van der Waals surface area contributed by atoms with Gasteiger partial charge in [0.1, 0.15) is 0 Å². The first-order chi connectivity index (χ1) is 8.08. The fourth-order valence-electron chi connectivity index (χ4n) is 1.92. The summed E-state index contributed by atoms with van der Waals surface area (Å²) >= 11 is 0. The molecule has 0 aliphatic carbocycles. The van der Waals surface area contributed by atoms with E-state index >= 15 is 0 Å². The van der Waals surface area contributed by atoms with Crippen molar-refractivity contribution in [2.24, 2.45) is 15.8 Å². The van der Waals surface area contributed by atoms with Crippen molar-refractivity contribution in [3.05, 3.63) is 23.8 Å².